The molecule has 0 bridgehead atoms. The van der Waals surface area contributed by atoms with Crippen LogP contribution < -0.4 is 0 Å². The van der Waals surface area contributed by atoms with E-state index < -0.39 is 0 Å². The van der Waals surface area contributed by atoms with Crippen LogP contribution in [0.15, 0.2) is 30.3 Å². The SMILES string of the molecule is CCCOC[C@@H]1CCN(C(=O)c2ccc(-n3nc(C)cc3C)cc2)C1. The fourth-order valence-electron chi connectivity index (χ4n) is 3.37. The first-order valence-electron chi connectivity index (χ1n) is 9.09. The lowest BCUT2D eigenvalue weighted by Crippen LogP contribution is -2.29. The molecule has 2 aromatic rings. The van der Waals surface area contributed by atoms with E-state index >= 15 is 0 Å². The largest absolute Gasteiger partial charge is 0.381 e. The normalized spacial score (nSPS) is 17.2. The summed E-state index contributed by atoms with van der Waals surface area (Å²) in [5.74, 6) is 0.572. The molecule has 0 spiro atoms. The van der Waals surface area contributed by atoms with Gasteiger partial charge in [-0.05, 0) is 57.0 Å². The summed E-state index contributed by atoms with van der Waals surface area (Å²) in [4.78, 5) is 14.6. The Labute approximate surface area is 149 Å². The number of carbonyl (C=O) groups excluding carboxylic acids is 1. The molecule has 5 nitrogen and oxygen atoms in total. The number of rotatable bonds is 6. The molecule has 1 fully saturated rings. The highest BCUT2D eigenvalue weighted by Crippen LogP contribution is 2.20. The van der Waals surface area contributed by atoms with E-state index in [2.05, 4.69) is 12.0 Å². The minimum absolute atomic E-state index is 0.109. The lowest BCUT2D eigenvalue weighted by atomic mass is 10.1. The van der Waals surface area contributed by atoms with Crippen LogP contribution in [0.3, 0.4) is 0 Å². The average Bonchev–Trinajstić information content (AvgIpc) is 3.21. The highest BCUT2D eigenvalue weighted by atomic mass is 16.5. The number of hydrogen-bond donors (Lipinski definition) is 0. The monoisotopic (exact) mass is 341 g/mol. The van der Waals surface area contributed by atoms with Gasteiger partial charge in [0.25, 0.3) is 5.91 Å². The number of amides is 1. The molecule has 1 aromatic carbocycles. The van der Waals surface area contributed by atoms with Gasteiger partial charge in [-0.1, -0.05) is 6.92 Å². The molecule has 3 rings (SSSR count). The van der Waals surface area contributed by atoms with E-state index in [1.165, 1.54) is 0 Å². The van der Waals surface area contributed by atoms with Gasteiger partial charge in [-0.2, -0.15) is 5.10 Å². The Morgan fingerprint density at radius 1 is 1.28 bits per heavy atom. The molecule has 2 heterocycles. The van der Waals surface area contributed by atoms with Gasteiger partial charge in [0, 0.05) is 36.9 Å². The third-order valence-electron chi connectivity index (χ3n) is 4.64. The first-order chi connectivity index (χ1) is 12.1. The number of aromatic nitrogens is 2. The molecule has 134 valence electrons. The Hall–Kier alpha value is -2.14. The zero-order valence-corrected chi connectivity index (χ0v) is 15.4. The molecule has 0 N–H and O–H groups in total. The fourth-order valence-corrected chi connectivity index (χ4v) is 3.37. The topological polar surface area (TPSA) is 47.4 Å². The third-order valence-corrected chi connectivity index (χ3v) is 4.64. The van der Waals surface area contributed by atoms with Gasteiger partial charge in [-0.25, -0.2) is 4.68 Å². The summed E-state index contributed by atoms with van der Waals surface area (Å²) in [7, 11) is 0. The summed E-state index contributed by atoms with van der Waals surface area (Å²) >= 11 is 0. The number of nitrogens with zero attached hydrogens (tertiary/aromatic N) is 3. The Kier molecular flexibility index (Phi) is 5.53. The van der Waals surface area contributed by atoms with Crippen molar-refractivity contribution in [3.63, 3.8) is 0 Å². The molecular weight excluding hydrogens is 314 g/mol. The molecule has 0 aliphatic carbocycles. The average molecular weight is 341 g/mol. The van der Waals surface area contributed by atoms with E-state index in [1.54, 1.807) is 0 Å². The zero-order valence-electron chi connectivity index (χ0n) is 15.4. The molecule has 0 saturated carbocycles. The van der Waals surface area contributed by atoms with Gasteiger partial charge in [0.15, 0.2) is 0 Å². The molecule has 0 unspecified atom stereocenters. The number of aryl methyl sites for hydroxylation is 2. The highest BCUT2D eigenvalue weighted by molar-refractivity contribution is 5.94. The van der Waals surface area contributed by atoms with Crippen LogP contribution in [0, 0.1) is 19.8 Å². The van der Waals surface area contributed by atoms with Gasteiger partial charge < -0.3 is 9.64 Å². The molecule has 1 aliphatic rings. The lowest BCUT2D eigenvalue weighted by molar-refractivity contribution is 0.0754. The summed E-state index contributed by atoms with van der Waals surface area (Å²) in [6.07, 6.45) is 2.07. The molecule has 1 saturated heterocycles. The Bertz CT molecular complexity index is 721. The minimum atomic E-state index is 0.109. The van der Waals surface area contributed by atoms with E-state index in [4.69, 9.17) is 4.74 Å². The second kappa shape index (κ2) is 7.83. The van der Waals surface area contributed by atoms with Crippen molar-refractivity contribution < 1.29 is 9.53 Å². The standard InChI is InChI=1S/C20H27N3O2/c1-4-11-25-14-17-9-10-22(13-17)20(24)18-5-7-19(8-6-18)23-16(3)12-15(2)21-23/h5-8,12,17H,4,9-11,13-14H2,1-3H3/t17-/m1/s1. The van der Waals surface area contributed by atoms with Crippen LogP contribution >= 0.6 is 0 Å². The summed E-state index contributed by atoms with van der Waals surface area (Å²) in [5, 5.41) is 4.49. The number of benzene rings is 1. The Morgan fingerprint density at radius 2 is 2.04 bits per heavy atom. The van der Waals surface area contributed by atoms with Crippen LogP contribution in [0.1, 0.15) is 41.5 Å². The first-order valence-corrected chi connectivity index (χ1v) is 9.09. The van der Waals surface area contributed by atoms with Crippen molar-refractivity contribution in [2.45, 2.75) is 33.6 Å². The maximum absolute atomic E-state index is 12.7. The van der Waals surface area contributed by atoms with Crippen molar-refractivity contribution in [2.75, 3.05) is 26.3 Å². The van der Waals surface area contributed by atoms with Crippen LogP contribution in [0.4, 0.5) is 0 Å². The van der Waals surface area contributed by atoms with Gasteiger partial charge in [-0.3, -0.25) is 4.79 Å². The summed E-state index contributed by atoms with van der Waals surface area (Å²) in [5.41, 5.74) is 3.80. The number of likely N-dealkylation sites (tertiary alicyclic amines) is 1. The molecular formula is C20H27N3O2. The van der Waals surface area contributed by atoms with Gasteiger partial charge in [-0.15, -0.1) is 0 Å². The van der Waals surface area contributed by atoms with Crippen LogP contribution in [0.25, 0.3) is 5.69 Å². The molecule has 1 aliphatic heterocycles. The predicted molar refractivity (Wildman–Crippen MR) is 98.2 cm³/mol. The number of ether oxygens (including phenoxy) is 1. The fraction of sp³-hybridized carbons (Fsp3) is 0.500. The van der Waals surface area contributed by atoms with Crippen LogP contribution in [-0.4, -0.2) is 46.9 Å². The van der Waals surface area contributed by atoms with Crippen LogP contribution in [-0.2, 0) is 4.74 Å². The molecule has 25 heavy (non-hydrogen) atoms. The predicted octanol–water partition coefficient (Wildman–Crippen LogP) is 3.38. The van der Waals surface area contributed by atoms with E-state index in [-0.39, 0.29) is 5.91 Å². The van der Waals surface area contributed by atoms with Crippen molar-refractivity contribution >= 4 is 5.91 Å². The Morgan fingerprint density at radius 3 is 2.68 bits per heavy atom. The van der Waals surface area contributed by atoms with Crippen molar-refractivity contribution in [3.8, 4) is 5.69 Å². The van der Waals surface area contributed by atoms with Crippen molar-refractivity contribution in [1.82, 2.24) is 14.7 Å². The summed E-state index contributed by atoms with van der Waals surface area (Å²) < 4.78 is 7.53. The molecule has 0 radical (unpaired) electrons. The minimum Gasteiger partial charge on any atom is -0.381 e. The Balaban J connectivity index is 1.62. The van der Waals surface area contributed by atoms with Gasteiger partial charge in [0.1, 0.15) is 0 Å². The number of hydrogen-bond acceptors (Lipinski definition) is 3. The third kappa shape index (κ3) is 4.10. The lowest BCUT2D eigenvalue weighted by Gasteiger charge is -2.17. The maximum atomic E-state index is 12.7. The van der Waals surface area contributed by atoms with E-state index in [9.17, 15) is 4.79 Å². The van der Waals surface area contributed by atoms with Crippen molar-refractivity contribution in [1.29, 1.82) is 0 Å². The molecule has 1 atom stereocenters. The summed E-state index contributed by atoms with van der Waals surface area (Å²) in [6, 6.07) is 9.77. The quantitative estimate of drug-likeness (QED) is 0.757. The van der Waals surface area contributed by atoms with Crippen LogP contribution in [0.2, 0.25) is 0 Å². The van der Waals surface area contributed by atoms with Crippen LogP contribution in [0.5, 0.6) is 0 Å². The summed E-state index contributed by atoms with van der Waals surface area (Å²) in [6.45, 7) is 9.30. The second-order valence-corrected chi connectivity index (χ2v) is 6.87. The van der Waals surface area contributed by atoms with E-state index in [0.717, 1.165) is 61.8 Å². The molecule has 1 aromatic heterocycles. The molecule has 5 heteroatoms. The number of carbonyl (C=O) groups is 1. The zero-order chi connectivity index (χ0) is 17.8. The van der Waals surface area contributed by atoms with Gasteiger partial charge in [0.2, 0.25) is 0 Å². The van der Waals surface area contributed by atoms with E-state index in [1.807, 2.05) is 53.8 Å². The first kappa shape index (κ1) is 17.7. The van der Waals surface area contributed by atoms with Gasteiger partial charge >= 0.3 is 0 Å². The van der Waals surface area contributed by atoms with Gasteiger partial charge in [0.05, 0.1) is 18.0 Å². The van der Waals surface area contributed by atoms with E-state index in [0.29, 0.717) is 5.92 Å². The maximum Gasteiger partial charge on any atom is 0.253 e. The van der Waals surface area contributed by atoms with Crippen molar-refractivity contribution in [3.05, 3.63) is 47.3 Å². The second-order valence-electron chi connectivity index (χ2n) is 6.87. The molecule has 1 amide bonds. The van der Waals surface area contributed by atoms with Crippen molar-refractivity contribution in [2.24, 2.45) is 5.92 Å². The highest BCUT2D eigenvalue weighted by Gasteiger charge is 2.27. The smallest absolute Gasteiger partial charge is 0.253 e.